The first kappa shape index (κ1) is 32.9. The van der Waals surface area contributed by atoms with Crippen LogP contribution in [0.3, 0.4) is 0 Å². The number of hydrogen-bond donors (Lipinski definition) is 2. The lowest BCUT2D eigenvalue weighted by molar-refractivity contribution is -0.141. The van der Waals surface area contributed by atoms with Gasteiger partial charge in [0, 0.05) is 12.2 Å². The number of ether oxygens (including phenoxy) is 1. The molecule has 0 spiro atoms. The highest BCUT2D eigenvalue weighted by Crippen LogP contribution is 2.29. The van der Waals surface area contributed by atoms with E-state index in [0.717, 1.165) is 47.9 Å². The van der Waals surface area contributed by atoms with Crippen LogP contribution in [0.5, 0.6) is 0 Å². The van der Waals surface area contributed by atoms with Gasteiger partial charge in [-0.15, -0.1) is 0 Å². The zero-order valence-electron chi connectivity index (χ0n) is 25.9. The average Bonchev–Trinajstić information content (AvgIpc) is 2.85. The first-order chi connectivity index (χ1) is 18.7. The minimum absolute atomic E-state index is 0.225. The molecule has 0 aliphatic heterocycles. The molecule has 0 heterocycles. The van der Waals surface area contributed by atoms with E-state index in [1.54, 1.807) is 25.7 Å². The molecule has 2 aromatic rings. The number of hydrogen-bond acceptors (Lipinski definition) is 4. The van der Waals surface area contributed by atoms with Crippen molar-refractivity contribution in [1.82, 2.24) is 10.2 Å². The zero-order chi connectivity index (χ0) is 30.0. The Morgan fingerprint density at radius 2 is 1.60 bits per heavy atom. The van der Waals surface area contributed by atoms with Crippen molar-refractivity contribution < 1.29 is 19.1 Å². The van der Waals surface area contributed by atoms with E-state index < -0.39 is 23.8 Å². The predicted molar refractivity (Wildman–Crippen MR) is 162 cm³/mol. The van der Waals surface area contributed by atoms with E-state index in [2.05, 4.69) is 17.6 Å². The van der Waals surface area contributed by atoms with Crippen molar-refractivity contribution in [2.45, 2.75) is 106 Å². The van der Waals surface area contributed by atoms with Gasteiger partial charge in [-0.25, -0.2) is 4.79 Å². The highest BCUT2D eigenvalue weighted by Gasteiger charge is 2.38. The summed E-state index contributed by atoms with van der Waals surface area (Å²) in [6, 6.07) is 11.8. The molecule has 2 N–H and O–H groups in total. The SMILES string of the molecule is CCCCCCN(C(=O)C(NC(=O)OC(C)(C)C)C(C)C)C(C(=O)Nc1ccccc1C)c1ccc(C)cc1C. The van der Waals surface area contributed by atoms with Crippen molar-refractivity contribution in [3.8, 4) is 0 Å². The summed E-state index contributed by atoms with van der Waals surface area (Å²) in [5.41, 5.74) is 3.70. The van der Waals surface area contributed by atoms with Gasteiger partial charge in [-0.1, -0.05) is 82.0 Å². The second kappa shape index (κ2) is 14.9. The van der Waals surface area contributed by atoms with Crippen LogP contribution in [0.25, 0.3) is 0 Å². The second-order valence-corrected chi connectivity index (χ2v) is 12.0. The molecule has 0 aliphatic carbocycles. The molecule has 2 atom stereocenters. The van der Waals surface area contributed by atoms with E-state index in [0.29, 0.717) is 12.2 Å². The van der Waals surface area contributed by atoms with Crippen LogP contribution in [0.15, 0.2) is 42.5 Å². The highest BCUT2D eigenvalue weighted by atomic mass is 16.6. The van der Waals surface area contributed by atoms with Crippen LogP contribution >= 0.6 is 0 Å². The molecular weight excluding hydrogens is 502 g/mol. The van der Waals surface area contributed by atoms with Crippen LogP contribution in [0.1, 0.15) is 95.5 Å². The third-order valence-corrected chi connectivity index (χ3v) is 6.82. The number of rotatable bonds is 12. The first-order valence-electron chi connectivity index (χ1n) is 14.5. The topological polar surface area (TPSA) is 87.7 Å². The summed E-state index contributed by atoms with van der Waals surface area (Å²) in [5, 5.41) is 5.88. The molecule has 2 unspecified atom stereocenters. The van der Waals surface area contributed by atoms with Crippen LogP contribution in [-0.2, 0) is 14.3 Å². The third kappa shape index (κ3) is 9.68. The first-order valence-corrected chi connectivity index (χ1v) is 14.5. The fourth-order valence-electron chi connectivity index (χ4n) is 4.70. The van der Waals surface area contributed by atoms with E-state index in [9.17, 15) is 14.4 Å². The summed E-state index contributed by atoms with van der Waals surface area (Å²) >= 11 is 0. The Balaban J connectivity index is 2.58. The summed E-state index contributed by atoms with van der Waals surface area (Å²) in [5.74, 6) is -0.815. The van der Waals surface area contributed by atoms with Gasteiger partial charge in [-0.2, -0.15) is 0 Å². The summed E-state index contributed by atoms with van der Waals surface area (Å²) in [4.78, 5) is 42.9. The van der Waals surface area contributed by atoms with Gasteiger partial charge in [-0.05, 0) is 76.6 Å². The molecule has 3 amide bonds. The fourth-order valence-corrected chi connectivity index (χ4v) is 4.70. The lowest BCUT2D eigenvalue weighted by Gasteiger charge is -2.36. The molecule has 0 saturated carbocycles. The largest absolute Gasteiger partial charge is 0.444 e. The van der Waals surface area contributed by atoms with Gasteiger partial charge in [0.15, 0.2) is 0 Å². The summed E-state index contributed by atoms with van der Waals surface area (Å²) in [6.45, 7) is 17.5. The quantitative estimate of drug-likeness (QED) is 0.272. The van der Waals surface area contributed by atoms with Gasteiger partial charge in [0.25, 0.3) is 5.91 Å². The van der Waals surface area contributed by atoms with Gasteiger partial charge < -0.3 is 20.3 Å². The zero-order valence-corrected chi connectivity index (χ0v) is 25.9. The van der Waals surface area contributed by atoms with Crippen LogP contribution < -0.4 is 10.6 Å². The molecule has 0 radical (unpaired) electrons. The van der Waals surface area contributed by atoms with Crippen LogP contribution in [-0.4, -0.2) is 41.0 Å². The molecule has 0 bridgehead atoms. The number of carbonyl (C=O) groups is 3. The Morgan fingerprint density at radius 1 is 0.925 bits per heavy atom. The van der Waals surface area contributed by atoms with E-state index in [1.165, 1.54) is 0 Å². The number of amides is 3. The maximum absolute atomic E-state index is 14.3. The van der Waals surface area contributed by atoms with Crippen LogP contribution in [0.4, 0.5) is 10.5 Å². The normalized spacial score (nSPS) is 12.9. The minimum atomic E-state index is -0.879. The summed E-state index contributed by atoms with van der Waals surface area (Å²) in [7, 11) is 0. The molecule has 2 aromatic carbocycles. The molecule has 220 valence electrons. The van der Waals surface area contributed by atoms with Crippen molar-refractivity contribution in [3.05, 3.63) is 64.7 Å². The molecule has 0 aromatic heterocycles. The number of nitrogens with one attached hydrogen (secondary N) is 2. The molecule has 7 heteroatoms. The molecule has 0 saturated heterocycles. The van der Waals surface area contributed by atoms with Gasteiger partial charge in [-0.3, -0.25) is 9.59 Å². The predicted octanol–water partition coefficient (Wildman–Crippen LogP) is 7.25. The van der Waals surface area contributed by atoms with Crippen molar-refractivity contribution in [2.75, 3.05) is 11.9 Å². The van der Waals surface area contributed by atoms with E-state index in [4.69, 9.17) is 4.74 Å². The number of anilines is 1. The Labute approximate surface area is 241 Å². The van der Waals surface area contributed by atoms with E-state index >= 15 is 0 Å². The van der Waals surface area contributed by atoms with Crippen molar-refractivity contribution in [3.63, 3.8) is 0 Å². The van der Waals surface area contributed by atoms with Gasteiger partial charge in [0.1, 0.15) is 17.7 Å². The average molecular weight is 552 g/mol. The Bertz CT molecular complexity index is 1150. The van der Waals surface area contributed by atoms with Gasteiger partial charge >= 0.3 is 6.09 Å². The highest BCUT2D eigenvalue weighted by molar-refractivity contribution is 5.99. The number of aryl methyl sites for hydroxylation is 3. The standard InChI is InChI=1S/C33H49N3O4/c1-10-11-12-15-20-36(31(38)28(22(2)3)35-32(39)40-33(7,8)9)29(26-19-18-23(4)21-25(26)6)30(37)34-27-17-14-13-16-24(27)5/h13-14,16-19,21-22,28-29H,10-12,15,20H2,1-9H3,(H,34,37)(H,35,39). The Kier molecular flexibility index (Phi) is 12.2. The fraction of sp³-hybridized carbons (Fsp3) is 0.545. The third-order valence-electron chi connectivity index (χ3n) is 6.82. The molecule has 7 nitrogen and oxygen atoms in total. The number of nitrogens with zero attached hydrogens (tertiary/aromatic N) is 1. The smallest absolute Gasteiger partial charge is 0.408 e. The van der Waals surface area contributed by atoms with Crippen LogP contribution in [0, 0.1) is 26.7 Å². The van der Waals surface area contributed by atoms with Gasteiger partial charge in [0.2, 0.25) is 5.91 Å². The van der Waals surface area contributed by atoms with Crippen LogP contribution in [0.2, 0.25) is 0 Å². The van der Waals surface area contributed by atoms with E-state index in [1.807, 2.05) is 77.1 Å². The number of benzene rings is 2. The Hall–Kier alpha value is -3.35. The molecular formula is C33H49N3O4. The number of alkyl carbamates (subject to hydrolysis) is 1. The maximum Gasteiger partial charge on any atom is 0.408 e. The Morgan fingerprint density at radius 3 is 2.17 bits per heavy atom. The van der Waals surface area contributed by atoms with Crippen molar-refractivity contribution in [1.29, 1.82) is 0 Å². The molecule has 0 fully saturated rings. The summed E-state index contributed by atoms with van der Waals surface area (Å²) < 4.78 is 5.48. The van der Waals surface area contributed by atoms with E-state index in [-0.39, 0.29) is 17.7 Å². The number of para-hydroxylation sites is 1. The monoisotopic (exact) mass is 551 g/mol. The number of carbonyl (C=O) groups excluding carboxylic acids is 3. The summed E-state index contributed by atoms with van der Waals surface area (Å²) in [6.07, 6.45) is 3.12. The second-order valence-electron chi connectivity index (χ2n) is 12.0. The van der Waals surface area contributed by atoms with Crippen molar-refractivity contribution in [2.24, 2.45) is 5.92 Å². The minimum Gasteiger partial charge on any atom is -0.444 e. The lowest BCUT2D eigenvalue weighted by Crippen LogP contribution is -2.54. The molecule has 0 aliphatic rings. The molecule has 2 rings (SSSR count). The van der Waals surface area contributed by atoms with Crippen molar-refractivity contribution >= 4 is 23.6 Å². The maximum atomic E-state index is 14.3. The van der Waals surface area contributed by atoms with Gasteiger partial charge in [0.05, 0.1) is 0 Å². The number of unbranched alkanes of at least 4 members (excludes halogenated alkanes) is 3. The lowest BCUT2D eigenvalue weighted by atomic mass is 9.94. The molecule has 40 heavy (non-hydrogen) atoms.